The number of carbonyl (C=O) groups excluding carboxylic acids is 1. The van der Waals surface area contributed by atoms with Crippen molar-refractivity contribution in [3.8, 4) is 0 Å². The molecule has 0 radical (unpaired) electrons. The fraction of sp³-hybridized carbons (Fsp3) is 0.526. The van der Waals surface area contributed by atoms with Crippen LogP contribution in [0.15, 0.2) is 24.3 Å². The maximum absolute atomic E-state index is 12.0. The van der Waals surface area contributed by atoms with Crippen molar-refractivity contribution in [1.82, 2.24) is 10.3 Å². The SMILES string of the molecule is CCCC[C@@H](N[C@H]1CCc2[nH]c3ccccc3c2C1)C(=O)OC. The third-order valence-corrected chi connectivity index (χ3v) is 4.86. The van der Waals surface area contributed by atoms with Gasteiger partial charge < -0.3 is 15.0 Å². The Morgan fingerprint density at radius 3 is 3.04 bits per heavy atom. The third kappa shape index (κ3) is 3.42. The summed E-state index contributed by atoms with van der Waals surface area (Å²) in [7, 11) is 1.47. The Bertz CT molecular complexity index is 677. The Hall–Kier alpha value is -1.81. The summed E-state index contributed by atoms with van der Waals surface area (Å²) in [6, 6.07) is 8.62. The first-order valence-corrected chi connectivity index (χ1v) is 8.65. The van der Waals surface area contributed by atoms with Crippen LogP contribution in [0, 0.1) is 0 Å². The topological polar surface area (TPSA) is 54.1 Å². The molecule has 3 rings (SSSR count). The fourth-order valence-electron chi connectivity index (χ4n) is 3.62. The van der Waals surface area contributed by atoms with E-state index in [9.17, 15) is 4.79 Å². The first-order chi connectivity index (χ1) is 11.2. The van der Waals surface area contributed by atoms with Crippen LogP contribution in [0.1, 0.15) is 43.9 Å². The molecular formula is C19H26N2O2. The third-order valence-electron chi connectivity index (χ3n) is 4.86. The van der Waals surface area contributed by atoms with Crippen LogP contribution in [0.4, 0.5) is 0 Å². The molecular weight excluding hydrogens is 288 g/mol. The second-order valence-electron chi connectivity index (χ2n) is 6.45. The van der Waals surface area contributed by atoms with Crippen LogP contribution in [-0.2, 0) is 22.4 Å². The number of H-pyrrole nitrogens is 1. The quantitative estimate of drug-likeness (QED) is 0.804. The molecule has 4 nitrogen and oxygen atoms in total. The average Bonchev–Trinajstić information content (AvgIpc) is 2.96. The molecule has 23 heavy (non-hydrogen) atoms. The van der Waals surface area contributed by atoms with Gasteiger partial charge in [0.15, 0.2) is 0 Å². The second kappa shape index (κ2) is 7.18. The van der Waals surface area contributed by atoms with Crippen LogP contribution >= 0.6 is 0 Å². The Labute approximate surface area is 137 Å². The fourth-order valence-corrected chi connectivity index (χ4v) is 3.62. The molecule has 1 aliphatic carbocycles. The lowest BCUT2D eigenvalue weighted by Crippen LogP contribution is -2.46. The Balaban J connectivity index is 1.74. The summed E-state index contributed by atoms with van der Waals surface area (Å²) in [6.45, 7) is 2.15. The van der Waals surface area contributed by atoms with Gasteiger partial charge in [0.1, 0.15) is 6.04 Å². The van der Waals surface area contributed by atoms with Crippen molar-refractivity contribution in [2.75, 3.05) is 7.11 Å². The van der Waals surface area contributed by atoms with Crippen LogP contribution in [0.25, 0.3) is 10.9 Å². The zero-order valence-electron chi connectivity index (χ0n) is 14.0. The molecule has 0 saturated carbocycles. The number of esters is 1. The molecule has 0 unspecified atom stereocenters. The van der Waals surface area contributed by atoms with Crippen LogP contribution < -0.4 is 5.32 Å². The molecule has 0 aliphatic heterocycles. The maximum Gasteiger partial charge on any atom is 0.322 e. The van der Waals surface area contributed by atoms with E-state index in [2.05, 4.69) is 41.5 Å². The van der Waals surface area contributed by atoms with E-state index in [1.807, 2.05) is 0 Å². The van der Waals surface area contributed by atoms with E-state index < -0.39 is 0 Å². The number of para-hydroxylation sites is 1. The first kappa shape index (κ1) is 16.1. The lowest BCUT2D eigenvalue weighted by atomic mass is 9.90. The van der Waals surface area contributed by atoms with Crippen molar-refractivity contribution in [2.24, 2.45) is 0 Å². The van der Waals surface area contributed by atoms with E-state index in [1.165, 1.54) is 29.3 Å². The minimum Gasteiger partial charge on any atom is -0.468 e. The number of fused-ring (bicyclic) bond motifs is 3. The Morgan fingerprint density at radius 2 is 2.26 bits per heavy atom. The number of benzene rings is 1. The lowest BCUT2D eigenvalue weighted by molar-refractivity contribution is -0.143. The number of nitrogens with one attached hydrogen (secondary N) is 2. The van der Waals surface area contributed by atoms with Gasteiger partial charge in [0.2, 0.25) is 0 Å². The zero-order chi connectivity index (χ0) is 16.2. The van der Waals surface area contributed by atoms with Crippen molar-refractivity contribution in [3.63, 3.8) is 0 Å². The first-order valence-electron chi connectivity index (χ1n) is 8.65. The van der Waals surface area contributed by atoms with Gasteiger partial charge in [-0.25, -0.2) is 0 Å². The predicted molar refractivity (Wildman–Crippen MR) is 92.6 cm³/mol. The zero-order valence-corrected chi connectivity index (χ0v) is 14.0. The molecule has 1 heterocycles. The number of carbonyl (C=O) groups is 1. The van der Waals surface area contributed by atoms with Gasteiger partial charge in [-0.3, -0.25) is 4.79 Å². The van der Waals surface area contributed by atoms with Crippen molar-refractivity contribution in [1.29, 1.82) is 0 Å². The average molecular weight is 314 g/mol. The van der Waals surface area contributed by atoms with Gasteiger partial charge in [0, 0.05) is 22.6 Å². The Morgan fingerprint density at radius 1 is 1.43 bits per heavy atom. The molecule has 0 bridgehead atoms. The van der Waals surface area contributed by atoms with E-state index in [0.717, 1.165) is 38.5 Å². The van der Waals surface area contributed by atoms with Crippen molar-refractivity contribution >= 4 is 16.9 Å². The van der Waals surface area contributed by atoms with E-state index in [1.54, 1.807) is 0 Å². The second-order valence-corrected chi connectivity index (χ2v) is 6.45. The largest absolute Gasteiger partial charge is 0.468 e. The standard InChI is InChI=1S/C19H26N2O2/c1-3-4-8-18(19(22)23-2)20-13-10-11-17-15(12-13)14-7-5-6-9-16(14)21-17/h5-7,9,13,18,20-21H,3-4,8,10-12H2,1-2H3/t13-,18+/m0/s1. The minimum absolute atomic E-state index is 0.136. The van der Waals surface area contributed by atoms with Gasteiger partial charge in [-0.1, -0.05) is 38.0 Å². The number of aromatic amines is 1. The molecule has 0 spiro atoms. The molecule has 1 aliphatic rings. The molecule has 2 aromatic rings. The number of rotatable bonds is 6. The molecule has 0 amide bonds. The summed E-state index contributed by atoms with van der Waals surface area (Å²) >= 11 is 0. The highest BCUT2D eigenvalue weighted by Crippen LogP contribution is 2.29. The molecule has 2 atom stereocenters. The van der Waals surface area contributed by atoms with E-state index >= 15 is 0 Å². The number of hydrogen-bond acceptors (Lipinski definition) is 3. The summed E-state index contributed by atoms with van der Waals surface area (Å²) in [5, 5.41) is 4.87. The highest BCUT2D eigenvalue weighted by Gasteiger charge is 2.27. The number of aryl methyl sites for hydroxylation is 1. The highest BCUT2D eigenvalue weighted by molar-refractivity contribution is 5.85. The summed E-state index contributed by atoms with van der Waals surface area (Å²) in [5.74, 6) is -0.136. The smallest absolute Gasteiger partial charge is 0.322 e. The van der Waals surface area contributed by atoms with Crippen LogP contribution in [0.5, 0.6) is 0 Å². The minimum atomic E-state index is -0.184. The number of aromatic nitrogens is 1. The number of methoxy groups -OCH3 is 1. The Kier molecular flexibility index (Phi) is 5.01. The van der Waals surface area contributed by atoms with Crippen molar-refractivity contribution in [2.45, 2.75) is 57.5 Å². The van der Waals surface area contributed by atoms with Crippen molar-refractivity contribution in [3.05, 3.63) is 35.5 Å². The normalized spacial score (nSPS) is 18.6. The molecule has 0 fully saturated rings. The van der Waals surface area contributed by atoms with Gasteiger partial charge in [0.05, 0.1) is 7.11 Å². The summed E-state index contributed by atoms with van der Waals surface area (Å²) < 4.78 is 4.97. The van der Waals surface area contributed by atoms with Crippen molar-refractivity contribution < 1.29 is 9.53 Å². The van der Waals surface area contributed by atoms with Crippen LogP contribution in [-0.4, -0.2) is 30.1 Å². The van der Waals surface area contributed by atoms with Gasteiger partial charge in [0.25, 0.3) is 0 Å². The van der Waals surface area contributed by atoms with Crippen LogP contribution in [0.3, 0.4) is 0 Å². The summed E-state index contributed by atoms with van der Waals surface area (Å²) in [6.07, 6.45) is 6.03. The van der Waals surface area contributed by atoms with E-state index in [0.29, 0.717) is 6.04 Å². The molecule has 124 valence electrons. The van der Waals surface area contributed by atoms with Gasteiger partial charge in [-0.2, -0.15) is 0 Å². The molecule has 0 saturated heterocycles. The van der Waals surface area contributed by atoms with Gasteiger partial charge in [-0.05, 0) is 37.3 Å². The number of hydrogen-bond donors (Lipinski definition) is 2. The van der Waals surface area contributed by atoms with E-state index in [-0.39, 0.29) is 12.0 Å². The van der Waals surface area contributed by atoms with E-state index in [4.69, 9.17) is 4.74 Å². The highest BCUT2D eigenvalue weighted by atomic mass is 16.5. The van der Waals surface area contributed by atoms with Gasteiger partial charge in [-0.15, -0.1) is 0 Å². The van der Waals surface area contributed by atoms with Gasteiger partial charge >= 0.3 is 5.97 Å². The molecule has 1 aromatic carbocycles. The maximum atomic E-state index is 12.0. The molecule has 2 N–H and O–H groups in total. The predicted octanol–water partition coefficient (Wildman–Crippen LogP) is 3.35. The van der Waals surface area contributed by atoms with Crippen LogP contribution in [0.2, 0.25) is 0 Å². The lowest BCUT2D eigenvalue weighted by Gasteiger charge is -2.27. The number of unbranched alkanes of at least 4 members (excludes halogenated alkanes) is 1. The summed E-state index contributed by atoms with van der Waals surface area (Å²) in [4.78, 5) is 15.5. The summed E-state index contributed by atoms with van der Waals surface area (Å²) in [5.41, 5.74) is 3.98. The number of ether oxygens (including phenoxy) is 1. The monoisotopic (exact) mass is 314 g/mol. The molecule has 1 aromatic heterocycles. The molecule has 4 heteroatoms.